The fourth-order valence-electron chi connectivity index (χ4n) is 3.51. The Kier molecular flexibility index (Phi) is 4.82. The zero-order valence-electron chi connectivity index (χ0n) is 8.95. The van der Waals surface area contributed by atoms with E-state index in [0.717, 1.165) is 0 Å². The van der Waals surface area contributed by atoms with Crippen molar-refractivity contribution in [2.75, 3.05) is 17.6 Å². The molecule has 0 aromatic carbocycles. The van der Waals surface area contributed by atoms with E-state index in [-0.39, 0.29) is 23.6 Å². The molecule has 2 aliphatic carbocycles. The van der Waals surface area contributed by atoms with Gasteiger partial charge < -0.3 is 0 Å². The Morgan fingerprint density at radius 3 is 1.61 bits per heavy atom. The summed E-state index contributed by atoms with van der Waals surface area (Å²) in [4.78, 5) is 0. The summed E-state index contributed by atoms with van der Waals surface area (Å²) in [6.45, 7) is 0. The predicted molar refractivity (Wildman–Crippen MR) is 83.9 cm³/mol. The van der Waals surface area contributed by atoms with Crippen molar-refractivity contribution < 1.29 is 0 Å². The van der Waals surface area contributed by atoms with E-state index < -0.39 is 31.3 Å². The van der Waals surface area contributed by atoms with E-state index in [9.17, 15) is 0 Å². The lowest BCUT2D eigenvalue weighted by Gasteiger charge is -2.47. The molecule has 106 valence electrons. The van der Waals surface area contributed by atoms with Crippen LogP contribution in [0.25, 0.3) is 0 Å². The second-order valence-electron chi connectivity index (χ2n) is 4.93. The van der Waals surface area contributed by atoms with E-state index in [1.165, 1.54) is 0 Å². The highest BCUT2D eigenvalue weighted by Crippen LogP contribution is 2.77. The maximum absolute atomic E-state index is 6.46. The van der Waals surface area contributed by atoms with E-state index in [4.69, 9.17) is 92.8 Å². The largest absolute Gasteiger partial charge is 0.143 e. The average molecular weight is 414 g/mol. The summed E-state index contributed by atoms with van der Waals surface area (Å²) in [5.74, 6) is 0.263. The van der Waals surface area contributed by atoms with Gasteiger partial charge in [0.25, 0.3) is 0 Å². The zero-order valence-corrected chi connectivity index (χ0v) is 15.0. The molecule has 8 heteroatoms. The molecular weight excluding hydrogens is 404 g/mol. The second-order valence-corrected chi connectivity index (χ2v) is 8.56. The Balaban J connectivity index is 2.70. The lowest BCUT2D eigenvalue weighted by molar-refractivity contribution is 0.160. The maximum Gasteiger partial charge on any atom is 0.143 e. The summed E-state index contributed by atoms with van der Waals surface area (Å²) in [5, 5.41) is -1.52. The van der Waals surface area contributed by atoms with E-state index >= 15 is 0 Å². The van der Waals surface area contributed by atoms with Gasteiger partial charge in [-0.3, -0.25) is 0 Å². The van der Waals surface area contributed by atoms with Crippen molar-refractivity contribution in [1.29, 1.82) is 0 Å². The molecule has 0 N–H and O–H groups in total. The molecule has 0 saturated heterocycles. The molecule has 2 bridgehead atoms. The van der Waals surface area contributed by atoms with Crippen LogP contribution in [0, 0.1) is 16.7 Å². The standard InChI is InChI=1S/C10H10Cl8/c11-1-8(2-12)4-5(14)7(16)9(8,3-13)10(17,18)6(4)15/h4-7H,1-3H2/t4-,5-,6-,7+,9-/m0/s1. The predicted octanol–water partition coefficient (Wildman–Crippen LogP) is 5.32. The van der Waals surface area contributed by atoms with Crippen molar-refractivity contribution in [3.05, 3.63) is 0 Å². The van der Waals surface area contributed by atoms with Crippen molar-refractivity contribution in [2.45, 2.75) is 20.5 Å². The van der Waals surface area contributed by atoms with Crippen LogP contribution in [0.4, 0.5) is 0 Å². The molecule has 0 spiro atoms. The first kappa shape index (κ1) is 16.7. The number of fused-ring (bicyclic) bond motifs is 2. The van der Waals surface area contributed by atoms with Crippen LogP contribution in [0.1, 0.15) is 0 Å². The monoisotopic (exact) mass is 410 g/mol. The van der Waals surface area contributed by atoms with E-state index in [1.54, 1.807) is 0 Å². The van der Waals surface area contributed by atoms with Crippen molar-refractivity contribution in [1.82, 2.24) is 0 Å². The Morgan fingerprint density at radius 2 is 1.28 bits per heavy atom. The van der Waals surface area contributed by atoms with Gasteiger partial charge in [0, 0.05) is 34.4 Å². The van der Waals surface area contributed by atoms with Crippen LogP contribution in [-0.2, 0) is 0 Å². The first-order valence-corrected chi connectivity index (χ1v) is 8.93. The third-order valence-electron chi connectivity index (χ3n) is 4.56. The normalized spacial score (nSPS) is 48.7. The molecule has 0 heterocycles. The first-order valence-electron chi connectivity index (χ1n) is 5.26. The van der Waals surface area contributed by atoms with Crippen LogP contribution in [-0.4, -0.2) is 38.1 Å². The van der Waals surface area contributed by atoms with Crippen LogP contribution in [0.15, 0.2) is 0 Å². The molecule has 0 nitrogen and oxygen atoms in total. The Hall–Kier alpha value is 2.32. The Labute approximate surface area is 146 Å². The molecule has 0 unspecified atom stereocenters. The summed E-state index contributed by atoms with van der Waals surface area (Å²) in [5.41, 5.74) is -1.56. The molecule has 2 aliphatic rings. The quantitative estimate of drug-likeness (QED) is 0.550. The highest BCUT2D eigenvalue weighted by Gasteiger charge is 2.83. The highest BCUT2D eigenvalue weighted by molar-refractivity contribution is 6.55. The van der Waals surface area contributed by atoms with Gasteiger partial charge in [0.05, 0.1) is 16.1 Å². The molecule has 2 rings (SSSR count). The molecule has 18 heavy (non-hydrogen) atoms. The van der Waals surface area contributed by atoms with Gasteiger partial charge in [0.15, 0.2) is 0 Å². The van der Waals surface area contributed by atoms with Crippen LogP contribution < -0.4 is 0 Å². The van der Waals surface area contributed by atoms with Crippen molar-refractivity contribution >= 4 is 92.8 Å². The number of halogens is 8. The lowest BCUT2D eigenvalue weighted by atomic mass is 9.70. The van der Waals surface area contributed by atoms with Crippen LogP contribution in [0.2, 0.25) is 0 Å². The van der Waals surface area contributed by atoms with Crippen LogP contribution >= 0.6 is 92.8 Å². The minimum atomic E-state index is -1.30. The summed E-state index contributed by atoms with van der Waals surface area (Å²) < 4.78 is -1.30. The molecular formula is C10H10Cl8. The number of rotatable bonds is 3. The Morgan fingerprint density at radius 1 is 0.778 bits per heavy atom. The second kappa shape index (κ2) is 5.20. The smallest absolute Gasteiger partial charge is 0.126 e. The first-order chi connectivity index (χ1) is 8.28. The number of hydrogen-bond donors (Lipinski definition) is 0. The highest BCUT2D eigenvalue weighted by atomic mass is 35.5. The lowest BCUT2D eigenvalue weighted by Crippen LogP contribution is -2.56. The van der Waals surface area contributed by atoms with E-state index in [0.29, 0.717) is 0 Å². The molecule has 0 radical (unpaired) electrons. The molecule has 0 aromatic rings. The molecule has 0 aliphatic heterocycles. The van der Waals surface area contributed by atoms with Crippen molar-refractivity contribution in [2.24, 2.45) is 16.7 Å². The van der Waals surface area contributed by atoms with Gasteiger partial charge in [-0.25, -0.2) is 0 Å². The fourth-order valence-corrected chi connectivity index (χ4v) is 8.51. The SMILES string of the molecule is ClCC1(CCl)[C@H]2[C@H](Cl)[C@@H](Cl)[C@]1(CCl)C(Cl)(Cl)[C@H]2Cl. The summed E-state index contributed by atoms with van der Waals surface area (Å²) in [6.07, 6.45) is 0. The van der Waals surface area contributed by atoms with Gasteiger partial charge in [-0.15, -0.1) is 69.6 Å². The molecule has 2 saturated carbocycles. The summed E-state index contributed by atoms with van der Waals surface area (Å²) >= 11 is 50.6. The van der Waals surface area contributed by atoms with Gasteiger partial charge in [-0.2, -0.15) is 0 Å². The van der Waals surface area contributed by atoms with Gasteiger partial charge in [0.1, 0.15) is 4.33 Å². The fraction of sp³-hybridized carbons (Fsp3) is 1.00. The van der Waals surface area contributed by atoms with Gasteiger partial charge >= 0.3 is 0 Å². The van der Waals surface area contributed by atoms with Gasteiger partial charge in [-0.1, -0.05) is 23.2 Å². The maximum atomic E-state index is 6.46. The minimum absolute atomic E-state index is 0.108. The van der Waals surface area contributed by atoms with E-state index in [1.807, 2.05) is 0 Å². The van der Waals surface area contributed by atoms with Crippen LogP contribution in [0.5, 0.6) is 0 Å². The molecule has 0 amide bonds. The third-order valence-corrected chi connectivity index (χ3v) is 9.20. The summed E-state index contributed by atoms with van der Waals surface area (Å²) in [7, 11) is 0. The zero-order chi connectivity index (χ0) is 13.9. The third kappa shape index (κ3) is 1.56. The summed E-state index contributed by atoms with van der Waals surface area (Å²) in [6, 6.07) is 0. The average Bonchev–Trinajstić information content (AvgIpc) is 2.63. The number of hydrogen-bond acceptors (Lipinski definition) is 0. The topological polar surface area (TPSA) is 0 Å². The Bertz CT molecular complexity index is 341. The molecule has 2 fully saturated rings. The number of alkyl halides is 8. The van der Waals surface area contributed by atoms with Gasteiger partial charge in [-0.05, 0) is 0 Å². The van der Waals surface area contributed by atoms with Crippen LogP contribution in [0.3, 0.4) is 0 Å². The van der Waals surface area contributed by atoms with E-state index in [2.05, 4.69) is 0 Å². The van der Waals surface area contributed by atoms with Crippen molar-refractivity contribution in [3.8, 4) is 0 Å². The molecule has 0 aromatic heterocycles. The minimum Gasteiger partial charge on any atom is -0.126 e. The molecule has 5 atom stereocenters. The van der Waals surface area contributed by atoms with Crippen molar-refractivity contribution in [3.63, 3.8) is 0 Å². The van der Waals surface area contributed by atoms with Gasteiger partial charge in [0.2, 0.25) is 0 Å².